The van der Waals surface area contributed by atoms with Crippen LogP contribution in [0.15, 0.2) is 80.4 Å². The van der Waals surface area contributed by atoms with Crippen LogP contribution in [-0.2, 0) is 0 Å². The van der Waals surface area contributed by atoms with E-state index in [2.05, 4.69) is 31.0 Å². The molecule has 1 fully saturated rings. The summed E-state index contributed by atoms with van der Waals surface area (Å²) in [6, 6.07) is 20.7. The molecule has 0 saturated carbocycles. The molecule has 0 spiro atoms. The van der Waals surface area contributed by atoms with Gasteiger partial charge in [-0.05, 0) is 36.4 Å². The first-order valence-corrected chi connectivity index (χ1v) is 11.0. The highest BCUT2D eigenvalue weighted by molar-refractivity contribution is 9.10. The summed E-state index contributed by atoms with van der Waals surface area (Å²) in [5.74, 6) is 0.456. The van der Waals surface area contributed by atoms with Crippen molar-refractivity contribution in [3.63, 3.8) is 0 Å². The van der Waals surface area contributed by atoms with Crippen LogP contribution in [0.5, 0.6) is 0 Å². The second-order valence-electron chi connectivity index (χ2n) is 7.55. The van der Waals surface area contributed by atoms with E-state index in [0.29, 0.717) is 37.1 Å². The van der Waals surface area contributed by atoms with E-state index in [4.69, 9.17) is 4.42 Å². The van der Waals surface area contributed by atoms with Crippen LogP contribution in [0, 0.1) is 0 Å². The molecule has 3 heterocycles. The van der Waals surface area contributed by atoms with E-state index in [9.17, 15) is 9.59 Å². The Morgan fingerprint density at radius 1 is 0.906 bits per heavy atom. The van der Waals surface area contributed by atoms with Crippen molar-refractivity contribution in [1.82, 2.24) is 15.1 Å². The van der Waals surface area contributed by atoms with Gasteiger partial charge in [-0.25, -0.2) is 4.79 Å². The number of hydrogen-bond acceptors (Lipinski definition) is 6. The van der Waals surface area contributed by atoms with Crippen molar-refractivity contribution in [2.75, 3.05) is 31.1 Å². The summed E-state index contributed by atoms with van der Waals surface area (Å²) in [6.45, 7) is 2.18. The van der Waals surface area contributed by atoms with Crippen LogP contribution in [0.1, 0.15) is 10.4 Å². The molecule has 1 saturated heterocycles. The Balaban J connectivity index is 1.28. The quantitative estimate of drug-likeness (QED) is 0.404. The lowest BCUT2D eigenvalue weighted by atomic mass is 10.1. The fourth-order valence-corrected chi connectivity index (χ4v) is 4.19. The van der Waals surface area contributed by atoms with Gasteiger partial charge < -0.3 is 14.2 Å². The van der Waals surface area contributed by atoms with Crippen molar-refractivity contribution < 1.29 is 9.21 Å². The first-order chi connectivity index (χ1) is 15.6. The first kappa shape index (κ1) is 20.4. The number of rotatable bonds is 3. The zero-order chi connectivity index (χ0) is 22.1. The number of piperazine rings is 1. The molecule has 4 aromatic rings. The predicted molar refractivity (Wildman–Crippen MR) is 126 cm³/mol. The molecule has 0 aliphatic carbocycles. The van der Waals surface area contributed by atoms with E-state index in [1.165, 1.54) is 0 Å². The van der Waals surface area contributed by atoms with Crippen molar-refractivity contribution in [3.05, 3.63) is 87.2 Å². The molecule has 7 nitrogen and oxygen atoms in total. The summed E-state index contributed by atoms with van der Waals surface area (Å²) in [5, 5.41) is 9.41. The lowest BCUT2D eigenvalue weighted by Gasteiger charge is -2.35. The fourth-order valence-electron chi connectivity index (χ4n) is 3.81. The molecule has 1 amide bonds. The summed E-state index contributed by atoms with van der Waals surface area (Å²) in [5.41, 5.74) is 1.73. The van der Waals surface area contributed by atoms with Gasteiger partial charge in [0.2, 0.25) is 0 Å². The number of fused-ring (bicyclic) bond motifs is 1. The van der Waals surface area contributed by atoms with Gasteiger partial charge in [-0.15, -0.1) is 10.2 Å². The fraction of sp³-hybridized carbons (Fsp3) is 0.167. The van der Waals surface area contributed by atoms with Gasteiger partial charge in [-0.2, -0.15) is 0 Å². The summed E-state index contributed by atoms with van der Waals surface area (Å²) in [7, 11) is 0. The molecule has 0 bridgehead atoms. The summed E-state index contributed by atoms with van der Waals surface area (Å²) < 4.78 is 6.20. The van der Waals surface area contributed by atoms with Crippen LogP contribution in [0.2, 0.25) is 0 Å². The summed E-state index contributed by atoms with van der Waals surface area (Å²) in [4.78, 5) is 29.2. The van der Waals surface area contributed by atoms with E-state index < -0.39 is 5.63 Å². The molecule has 1 aliphatic heterocycles. The largest absolute Gasteiger partial charge is 0.422 e. The number of halogens is 1. The second-order valence-corrected chi connectivity index (χ2v) is 8.47. The number of nitrogens with zero attached hydrogens (tertiary/aromatic N) is 4. The van der Waals surface area contributed by atoms with E-state index in [1.807, 2.05) is 48.5 Å². The number of carbonyl (C=O) groups is 1. The van der Waals surface area contributed by atoms with Gasteiger partial charge in [-0.1, -0.05) is 46.3 Å². The van der Waals surface area contributed by atoms with Gasteiger partial charge in [0, 0.05) is 41.6 Å². The Hall–Kier alpha value is -3.52. The molecule has 2 aromatic carbocycles. The predicted octanol–water partition coefficient (Wildman–Crippen LogP) is 3.97. The molecule has 5 rings (SSSR count). The highest BCUT2D eigenvalue weighted by Gasteiger charge is 2.25. The van der Waals surface area contributed by atoms with Crippen LogP contribution in [0.3, 0.4) is 0 Å². The summed E-state index contributed by atoms with van der Waals surface area (Å²) in [6.07, 6.45) is 0. The number of anilines is 1. The molecule has 0 unspecified atom stereocenters. The smallest absolute Gasteiger partial charge is 0.349 e. The van der Waals surface area contributed by atoms with Gasteiger partial charge in [0.05, 0.1) is 5.69 Å². The average Bonchev–Trinajstić information content (AvgIpc) is 2.84. The van der Waals surface area contributed by atoms with Gasteiger partial charge in [0.25, 0.3) is 5.91 Å². The number of aromatic nitrogens is 2. The third-order valence-corrected chi connectivity index (χ3v) is 6.03. The summed E-state index contributed by atoms with van der Waals surface area (Å²) >= 11 is 3.40. The standard InChI is InChI=1S/C24H19BrN4O3/c25-18-6-8-21-17(14-18)15-19(24(31)32-21)23(30)29-12-10-28(11-13-29)22-9-7-20(26-27-22)16-4-2-1-3-5-16/h1-9,14-15H,10-13H2. The van der Waals surface area contributed by atoms with Gasteiger partial charge in [0.15, 0.2) is 5.82 Å². The molecule has 0 radical (unpaired) electrons. The van der Waals surface area contributed by atoms with Crippen LogP contribution in [0.4, 0.5) is 5.82 Å². The minimum atomic E-state index is -0.616. The van der Waals surface area contributed by atoms with Gasteiger partial charge in [0.1, 0.15) is 11.1 Å². The van der Waals surface area contributed by atoms with Gasteiger partial charge >= 0.3 is 5.63 Å². The molecule has 1 aliphatic rings. The van der Waals surface area contributed by atoms with Crippen LogP contribution in [0.25, 0.3) is 22.2 Å². The van der Waals surface area contributed by atoms with Crippen molar-refractivity contribution in [3.8, 4) is 11.3 Å². The molecule has 32 heavy (non-hydrogen) atoms. The SMILES string of the molecule is O=C(c1cc2cc(Br)ccc2oc1=O)N1CCN(c2ccc(-c3ccccc3)nn2)CC1. The first-order valence-electron chi connectivity index (χ1n) is 10.3. The zero-order valence-corrected chi connectivity index (χ0v) is 18.7. The normalized spacial score (nSPS) is 14.0. The lowest BCUT2D eigenvalue weighted by Crippen LogP contribution is -2.49. The molecule has 0 atom stereocenters. The van der Waals surface area contributed by atoms with E-state index in [1.54, 1.807) is 23.1 Å². The van der Waals surface area contributed by atoms with E-state index in [0.717, 1.165) is 21.5 Å². The van der Waals surface area contributed by atoms with Crippen LogP contribution < -0.4 is 10.5 Å². The maximum absolute atomic E-state index is 13.0. The molecule has 0 N–H and O–H groups in total. The Kier molecular flexibility index (Phi) is 5.45. The van der Waals surface area contributed by atoms with Crippen molar-refractivity contribution in [1.29, 1.82) is 0 Å². The Morgan fingerprint density at radius 2 is 1.69 bits per heavy atom. The minimum Gasteiger partial charge on any atom is -0.422 e. The zero-order valence-electron chi connectivity index (χ0n) is 17.1. The van der Waals surface area contributed by atoms with Crippen molar-refractivity contribution in [2.45, 2.75) is 0 Å². The molecular formula is C24H19BrN4O3. The highest BCUT2D eigenvalue weighted by Crippen LogP contribution is 2.21. The van der Waals surface area contributed by atoms with Crippen molar-refractivity contribution in [2.24, 2.45) is 0 Å². The van der Waals surface area contributed by atoms with Crippen LogP contribution in [-0.4, -0.2) is 47.2 Å². The monoisotopic (exact) mass is 490 g/mol. The van der Waals surface area contributed by atoms with E-state index in [-0.39, 0.29) is 11.5 Å². The Bertz CT molecular complexity index is 1330. The number of benzene rings is 2. The number of carbonyl (C=O) groups excluding carboxylic acids is 1. The lowest BCUT2D eigenvalue weighted by molar-refractivity contribution is 0.0742. The van der Waals surface area contributed by atoms with Crippen LogP contribution >= 0.6 is 15.9 Å². The number of hydrogen-bond donors (Lipinski definition) is 0. The number of amides is 1. The highest BCUT2D eigenvalue weighted by atomic mass is 79.9. The molecular weight excluding hydrogens is 472 g/mol. The topological polar surface area (TPSA) is 79.5 Å². The maximum atomic E-state index is 13.0. The second kappa shape index (κ2) is 8.55. The molecule has 160 valence electrons. The Labute approximate surface area is 192 Å². The third kappa shape index (κ3) is 4.01. The maximum Gasteiger partial charge on any atom is 0.349 e. The van der Waals surface area contributed by atoms with Gasteiger partial charge in [-0.3, -0.25) is 4.79 Å². The minimum absolute atomic E-state index is 0.0519. The Morgan fingerprint density at radius 3 is 2.41 bits per heavy atom. The average molecular weight is 491 g/mol. The molecule has 2 aromatic heterocycles. The van der Waals surface area contributed by atoms with Crippen molar-refractivity contribution >= 4 is 38.6 Å². The third-order valence-electron chi connectivity index (χ3n) is 5.54. The molecule has 8 heteroatoms. The van der Waals surface area contributed by atoms with E-state index >= 15 is 0 Å².